The number of nitrogens with one attached hydrogen (secondary N) is 1. The first-order chi connectivity index (χ1) is 8.48. The number of alkyl halides is 3. The Kier molecular flexibility index (Phi) is 3.35. The van der Waals surface area contributed by atoms with Gasteiger partial charge in [-0.05, 0) is 12.8 Å². The number of hydrogen-bond acceptors (Lipinski definition) is 4. The fourth-order valence-electron chi connectivity index (χ4n) is 1.67. The molecule has 1 N–H and O–H groups in total. The third-order valence-corrected chi connectivity index (χ3v) is 2.50. The van der Waals surface area contributed by atoms with Crippen molar-refractivity contribution in [3.63, 3.8) is 0 Å². The molecule has 97 valence electrons. The molecular formula is C10H10F3N4O. The third kappa shape index (κ3) is 2.69. The Morgan fingerprint density at radius 3 is 2.89 bits per heavy atom. The maximum Gasteiger partial charge on any atom is 0.421 e. The summed E-state index contributed by atoms with van der Waals surface area (Å²) in [6, 6.07) is 0. The molecule has 1 fully saturated rings. The molecule has 1 aromatic heterocycles. The number of carbonyl (C=O) groups is 1. The summed E-state index contributed by atoms with van der Waals surface area (Å²) >= 11 is 0. The number of halogens is 3. The fraction of sp³-hybridized carbons (Fsp3) is 0.500. The summed E-state index contributed by atoms with van der Waals surface area (Å²) < 4.78 is 38.3. The van der Waals surface area contributed by atoms with E-state index < -0.39 is 11.7 Å². The fourth-order valence-corrected chi connectivity index (χ4v) is 1.67. The predicted molar refractivity (Wildman–Crippen MR) is 55.2 cm³/mol. The van der Waals surface area contributed by atoms with Crippen LogP contribution in [0.5, 0.6) is 0 Å². The summed E-state index contributed by atoms with van der Waals surface area (Å²) in [5.41, 5.74) is 1.41. The van der Waals surface area contributed by atoms with Gasteiger partial charge < -0.3 is 0 Å². The molecule has 2 rings (SSSR count). The second kappa shape index (κ2) is 4.79. The quantitative estimate of drug-likeness (QED) is 0.826. The minimum absolute atomic E-state index is 0.277. The van der Waals surface area contributed by atoms with Crippen molar-refractivity contribution in [3.8, 4) is 0 Å². The molecule has 0 bridgehead atoms. The average molecular weight is 259 g/mol. The van der Waals surface area contributed by atoms with Gasteiger partial charge in [0.1, 0.15) is 5.56 Å². The van der Waals surface area contributed by atoms with Crippen LogP contribution in [0.2, 0.25) is 0 Å². The van der Waals surface area contributed by atoms with Gasteiger partial charge in [-0.15, -0.1) is 0 Å². The van der Waals surface area contributed by atoms with Crippen LogP contribution in [-0.2, 0) is 11.0 Å². The van der Waals surface area contributed by atoms with Crippen LogP contribution < -0.4 is 10.4 Å². The molecule has 1 aromatic rings. The van der Waals surface area contributed by atoms with Gasteiger partial charge in [0.25, 0.3) is 0 Å². The van der Waals surface area contributed by atoms with Crippen molar-refractivity contribution in [1.82, 2.24) is 15.4 Å². The van der Waals surface area contributed by atoms with E-state index in [9.17, 15) is 18.0 Å². The van der Waals surface area contributed by atoms with Crippen molar-refractivity contribution >= 4 is 11.7 Å². The normalized spacial score (nSPS) is 17.3. The second-order valence-electron chi connectivity index (χ2n) is 3.85. The van der Waals surface area contributed by atoms with Gasteiger partial charge in [0.2, 0.25) is 5.91 Å². The Bertz CT molecular complexity index is 449. The number of anilines is 1. The van der Waals surface area contributed by atoms with Crippen molar-refractivity contribution in [3.05, 3.63) is 18.1 Å². The van der Waals surface area contributed by atoms with E-state index in [2.05, 4.69) is 21.7 Å². The zero-order chi connectivity index (χ0) is 13.2. The van der Waals surface area contributed by atoms with Crippen LogP contribution in [0.1, 0.15) is 24.8 Å². The van der Waals surface area contributed by atoms with Crippen molar-refractivity contribution < 1.29 is 18.0 Å². The van der Waals surface area contributed by atoms with Crippen LogP contribution in [0.3, 0.4) is 0 Å². The SMILES string of the molecule is O=C1CCCCN(c2n[c]ncc2C(F)(F)F)N1. The van der Waals surface area contributed by atoms with E-state index in [1.165, 1.54) is 0 Å². The van der Waals surface area contributed by atoms with Crippen molar-refractivity contribution in [1.29, 1.82) is 0 Å². The van der Waals surface area contributed by atoms with Crippen molar-refractivity contribution in [2.75, 3.05) is 11.6 Å². The third-order valence-electron chi connectivity index (χ3n) is 2.50. The van der Waals surface area contributed by atoms with Crippen molar-refractivity contribution in [2.24, 2.45) is 0 Å². The largest absolute Gasteiger partial charge is 0.421 e. The second-order valence-corrected chi connectivity index (χ2v) is 3.85. The first-order valence-electron chi connectivity index (χ1n) is 5.36. The first-order valence-corrected chi connectivity index (χ1v) is 5.36. The molecule has 0 atom stereocenters. The smallest absolute Gasteiger partial charge is 0.273 e. The zero-order valence-electron chi connectivity index (χ0n) is 9.29. The van der Waals surface area contributed by atoms with E-state index in [1.54, 1.807) is 0 Å². The number of amides is 1. The highest BCUT2D eigenvalue weighted by molar-refractivity contribution is 5.78. The summed E-state index contributed by atoms with van der Waals surface area (Å²) in [5.74, 6) is -0.688. The number of rotatable bonds is 1. The van der Waals surface area contributed by atoms with E-state index in [-0.39, 0.29) is 18.3 Å². The number of hydrogen-bond donors (Lipinski definition) is 1. The molecule has 2 heterocycles. The maximum atomic E-state index is 12.8. The van der Waals surface area contributed by atoms with E-state index in [4.69, 9.17) is 0 Å². The molecule has 1 radical (unpaired) electrons. The number of nitrogens with zero attached hydrogens (tertiary/aromatic N) is 3. The van der Waals surface area contributed by atoms with Gasteiger partial charge in [-0.25, -0.2) is 9.97 Å². The standard InChI is InChI=1S/C10H10F3N4O/c11-10(12,13)7-5-14-6-15-9(7)17-4-2-1-3-8(18)16-17/h5H,1-4H2,(H,16,18). The van der Waals surface area contributed by atoms with Crippen LogP contribution >= 0.6 is 0 Å². The molecule has 0 saturated carbocycles. The molecular weight excluding hydrogens is 249 g/mol. The lowest BCUT2D eigenvalue weighted by molar-refractivity contribution is -0.137. The topological polar surface area (TPSA) is 58.1 Å². The molecule has 0 aliphatic carbocycles. The van der Waals surface area contributed by atoms with Crippen molar-refractivity contribution in [2.45, 2.75) is 25.4 Å². The lowest BCUT2D eigenvalue weighted by Gasteiger charge is -2.24. The Morgan fingerprint density at radius 1 is 1.39 bits per heavy atom. The summed E-state index contributed by atoms with van der Waals surface area (Å²) in [4.78, 5) is 18.1. The van der Waals surface area contributed by atoms with Gasteiger partial charge >= 0.3 is 6.18 Å². The van der Waals surface area contributed by atoms with Gasteiger partial charge in [0, 0.05) is 19.2 Å². The highest BCUT2D eigenvalue weighted by atomic mass is 19.4. The van der Waals surface area contributed by atoms with Gasteiger partial charge in [0.05, 0.1) is 0 Å². The molecule has 1 saturated heterocycles. The Balaban J connectivity index is 2.34. The van der Waals surface area contributed by atoms with Gasteiger partial charge in [-0.3, -0.25) is 15.2 Å². The Labute approximate surface area is 101 Å². The zero-order valence-corrected chi connectivity index (χ0v) is 9.29. The Morgan fingerprint density at radius 2 is 2.17 bits per heavy atom. The van der Waals surface area contributed by atoms with Crippen LogP contribution in [0.15, 0.2) is 6.20 Å². The lowest BCUT2D eigenvalue weighted by Crippen LogP contribution is -2.42. The Hall–Kier alpha value is -1.86. The summed E-state index contributed by atoms with van der Waals surface area (Å²) in [6.45, 7) is 0.277. The summed E-state index contributed by atoms with van der Waals surface area (Å²) in [5, 5.41) is 1.11. The first kappa shape index (κ1) is 12.6. The van der Waals surface area contributed by atoms with E-state index >= 15 is 0 Å². The minimum atomic E-state index is -4.57. The molecule has 18 heavy (non-hydrogen) atoms. The molecule has 1 aliphatic heterocycles. The van der Waals surface area contributed by atoms with Gasteiger partial charge in [-0.1, -0.05) is 0 Å². The molecule has 1 aliphatic rings. The van der Waals surface area contributed by atoms with Crippen LogP contribution in [0.25, 0.3) is 0 Å². The van der Waals surface area contributed by atoms with Crippen LogP contribution in [-0.4, -0.2) is 22.4 Å². The lowest BCUT2D eigenvalue weighted by atomic mass is 10.2. The molecule has 1 amide bonds. The van der Waals surface area contributed by atoms with Gasteiger partial charge in [-0.2, -0.15) is 13.2 Å². The van der Waals surface area contributed by atoms with Crippen LogP contribution in [0, 0.1) is 6.33 Å². The van der Waals surface area contributed by atoms with E-state index in [0.717, 1.165) is 5.01 Å². The maximum absolute atomic E-state index is 12.8. The number of aromatic nitrogens is 2. The van der Waals surface area contributed by atoms with E-state index in [1.807, 2.05) is 0 Å². The number of hydrazine groups is 1. The van der Waals surface area contributed by atoms with E-state index in [0.29, 0.717) is 25.5 Å². The predicted octanol–water partition coefficient (Wildman–Crippen LogP) is 1.32. The highest BCUT2D eigenvalue weighted by Gasteiger charge is 2.37. The molecule has 0 unspecified atom stereocenters. The van der Waals surface area contributed by atoms with Gasteiger partial charge in [0.15, 0.2) is 12.1 Å². The monoisotopic (exact) mass is 259 g/mol. The summed E-state index contributed by atoms with van der Waals surface area (Å²) in [6.07, 6.45) is -0.256. The minimum Gasteiger partial charge on any atom is -0.273 e. The number of carbonyl (C=O) groups excluding carboxylic acids is 1. The molecule has 8 heteroatoms. The summed E-state index contributed by atoms with van der Waals surface area (Å²) in [7, 11) is 0. The molecule has 0 aromatic carbocycles. The van der Waals surface area contributed by atoms with Crippen LogP contribution in [0.4, 0.5) is 19.0 Å². The molecule has 5 nitrogen and oxygen atoms in total. The average Bonchev–Trinajstić information content (AvgIpc) is 2.53. The molecule has 0 spiro atoms. The highest BCUT2D eigenvalue weighted by Crippen LogP contribution is 2.34.